The summed E-state index contributed by atoms with van der Waals surface area (Å²) >= 11 is 12.4. The van der Waals surface area contributed by atoms with Crippen molar-refractivity contribution in [1.29, 1.82) is 0 Å². The first-order chi connectivity index (χ1) is 19.9. The smallest absolute Gasteiger partial charge is 0.252 e. The maximum Gasteiger partial charge on any atom is 0.252 e. The summed E-state index contributed by atoms with van der Waals surface area (Å²) in [4.78, 5) is 21.1. The van der Waals surface area contributed by atoms with Crippen molar-refractivity contribution in [3.05, 3.63) is 92.7 Å². The number of aromatic amines is 1. The largest absolute Gasteiger partial charge is 0.370 e. The highest BCUT2D eigenvalue weighted by Gasteiger charge is 2.54. The summed E-state index contributed by atoms with van der Waals surface area (Å²) in [6.07, 6.45) is 2.47. The van der Waals surface area contributed by atoms with E-state index < -0.39 is 12.0 Å². The molecule has 10 nitrogen and oxygen atoms in total. The van der Waals surface area contributed by atoms with Crippen LogP contribution in [0, 0.1) is 11.9 Å². The lowest BCUT2D eigenvalue weighted by molar-refractivity contribution is 0.460. The lowest BCUT2D eigenvalue weighted by Crippen LogP contribution is -2.26. The second kappa shape index (κ2) is 8.76. The lowest BCUT2D eigenvalue weighted by Gasteiger charge is -2.17. The molecule has 3 atom stereocenters. The first-order valence-corrected chi connectivity index (χ1v) is 13.6. The van der Waals surface area contributed by atoms with E-state index in [0.717, 1.165) is 23.1 Å². The minimum absolute atomic E-state index is 0.138. The van der Waals surface area contributed by atoms with Crippen LogP contribution >= 0.6 is 23.2 Å². The minimum Gasteiger partial charge on any atom is -0.370 e. The van der Waals surface area contributed by atoms with Gasteiger partial charge in [0.05, 0.1) is 23.3 Å². The van der Waals surface area contributed by atoms with E-state index in [9.17, 15) is 4.79 Å². The molecule has 1 aliphatic carbocycles. The Morgan fingerprint density at radius 3 is 2.80 bits per heavy atom. The van der Waals surface area contributed by atoms with E-state index in [0.29, 0.717) is 39.1 Å². The van der Waals surface area contributed by atoms with Gasteiger partial charge in [-0.1, -0.05) is 39.6 Å². The van der Waals surface area contributed by atoms with Crippen LogP contribution in [0.15, 0.2) is 64.0 Å². The van der Waals surface area contributed by atoms with Crippen LogP contribution in [0.3, 0.4) is 0 Å². The first-order valence-electron chi connectivity index (χ1n) is 12.9. The Kier molecular flexibility index (Phi) is 5.20. The highest BCUT2D eigenvalue weighted by molar-refractivity contribution is 6.31. The van der Waals surface area contributed by atoms with Crippen LogP contribution in [0.4, 0.5) is 10.2 Å². The zero-order chi connectivity index (χ0) is 28.0. The molecule has 41 heavy (non-hydrogen) atoms. The number of fused-ring (bicyclic) bond motifs is 4. The molecular weight excluding hydrogens is 570 g/mol. The van der Waals surface area contributed by atoms with Crippen molar-refractivity contribution >= 4 is 40.0 Å². The molecule has 1 saturated carbocycles. The zero-order valence-electron chi connectivity index (χ0n) is 21.3. The van der Waals surface area contributed by atoms with E-state index in [-0.39, 0.29) is 28.2 Å². The molecule has 6 aromatic rings. The number of halogens is 3. The normalized spacial score (nSPS) is 19.0. The van der Waals surface area contributed by atoms with Gasteiger partial charge in [-0.3, -0.25) is 4.79 Å². The average molecular weight is 589 g/mol. The van der Waals surface area contributed by atoms with Gasteiger partial charge in [0.2, 0.25) is 5.95 Å². The Morgan fingerprint density at radius 2 is 2.00 bits per heavy atom. The SMILES string of the molecule is CNc1noc2cc(-c3[nH]c(C4C5CC5c5cc(-c6cc(Cl)ccc6-n6cc(Cl)nn6)cc(=O)n54)nc3F)ccc12. The number of hydrogen-bond donors (Lipinski definition) is 2. The van der Waals surface area contributed by atoms with Gasteiger partial charge < -0.3 is 19.4 Å². The third kappa shape index (κ3) is 3.72. The summed E-state index contributed by atoms with van der Waals surface area (Å²) in [6.45, 7) is 0. The van der Waals surface area contributed by atoms with Gasteiger partial charge in [-0.2, -0.15) is 4.39 Å². The Bertz CT molecular complexity index is 2080. The number of aromatic nitrogens is 7. The van der Waals surface area contributed by atoms with Gasteiger partial charge in [0.25, 0.3) is 5.56 Å². The number of pyridine rings is 1. The molecule has 1 aliphatic heterocycles. The standard InChI is InChI=1S/C28H19Cl2FN8O2/c1-32-27-15-4-2-12(7-21(15)41-36-27)24-26(31)34-28(33-24)25-18-10-17(18)20-6-13(8-23(40)39(20)25)16-9-14(29)3-5-19(16)38-11-22(30)35-37-38/h2-9,11,17-18,25H,10H2,1H3,(H,32,36)(H,33,34). The third-order valence-electron chi connectivity index (χ3n) is 7.94. The predicted octanol–water partition coefficient (Wildman–Crippen LogP) is 5.82. The topological polar surface area (TPSA) is 119 Å². The number of hydrogen-bond acceptors (Lipinski definition) is 7. The van der Waals surface area contributed by atoms with E-state index in [2.05, 4.69) is 30.8 Å². The van der Waals surface area contributed by atoms with Crippen molar-refractivity contribution in [2.75, 3.05) is 12.4 Å². The van der Waals surface area contributed by atoms with E-state index in [1.807, 2.05) is 12.1 Å². The lowest BCUT2D eigenvalue weighted by atomic mass is 10.0. The zero-order valence-corrected chi connectivity index (χ0v) is 22.8. The molecule has 5 heterocycles. The van der Waals surface area contributed by atoms with Crippen LogP contribution in [-0.2, 0) is 0 Å². The second-order valence-corrected chi connectivity index (χ2v) is 11.1. The number of H-pyrrole nitrogens is 1. The quantitative estimate of drug-likeness (QED) is 0.260. The molecule has 2 aliphatic rings. The molecule has 0 spiro atoms. The second-order valence-electron chi connectivity index (χ2n) is 10.3. The van der Waals surface area contributed by atoms with Gasteiger partial charge >= 0.3 is 0 Å². The van der Waals surface area contributed by atoms with Gasteiger partial charge in [-0.25, -0.2) is 9.67 Å². The Morgan fingerprint density at radius 1 is 1.12 bits per heavy atom. The highest BCUT2D eigenvalue weighted by Crippen LogP contribution is 2.60. The summed E-state index contributed by atoms with van der Waals surface area (Å²) in [5.41, 5.74) is 4.10. The molecule has 1 fully saturated rings. The molecule has 2 N–H and O–H groups in total. The van der Waals surface area contributed by atoms with Crippen LogP contribution in [0.25, 0.3) is 39.0 Å². The van der Waals surface area contributed by atoms with Crippen molar-refractivity contribution in [2.24, 2.45) is 5.92 Å². The number of imidazole rings is 1. The molecule has 8 rings (SSSR count). The van der Waals surface area contributed by atoms with Crippen LogP contribution < -0.4 is 10.9 Å². The van der Waals surface area contributed by atoms with Crippen LogP contribution in [0.1, 0.15) is 29.9 Å². The maximum absolute atomic E-state index is 15.2. The molecule has 2 aromatic carbocycles. The maximum atomic E-state index is 15.2. The van der Waals surface area contributed by atoms with Gasteiger partial charge in [0.15, 0.2) is 16.6 Å². The first kappa shape index (κ1) is 24.3. The molecule has 0 saturated heterocycles. The molecule has 13 heteroatoms. The van der Waals surface area contributed by atoms with Crippen LogP contribution in [0.5, 0.6) is 0 Å². The Balaban J connectivity index is 1.20. The predicted molar refractivity (Wildman–Crippen MR) is 151 cm³/mol. The molecule has 0 bridgehead atoms. The average Bonchev–Trinajstić information content (AvgIpc) is 3.27. The molecule has 4 aromatic heterocycles. The number of anilines is 1. The number of nitrogens with zero attached hydrogens (tertiary/aromatic N) is 6. The Labute approximate surface area is 240 Å². The fraction of sp³-hybridized carbons (Fsp3) is 0.179. The monoisotopic (exact) mass is 588 g/mol. The molecule has 204 valence electrons. The van der Waals surface area contributed by atoms with Crippen molar-refractivity contribution in [2.45, 2.75) is 18.4 Å². The van der Waals surface area contributed by atoms with Crippen molar-refractivity contribution in [1.82, 2.24) is 34.7 Å². The van der Waals surface area contributed by atoms with E-state index in [1.54, 1.807) is 58.9 Å². The van der Waals surface area contributed by atoms with E-state index in [4.69, 9.17) is 27.7 Å². The van der Waals surface area contributed by atoms with Crippen molar-refractivity contribution in [3.63, 3.8) is 0 Å². The summed E-state index contributed by atoms with van der Waals surface area (Å²) in [6, 6.07) is 13.8. The summed E-state index contributed by atoms with van der Waals surface area (Å²) in [5.74, 6) is 0.678. The molecule has 0 radical (unpaired) electrons. The van der Waals surface area contributed by atoms with Gasteiger partial charge in [0, 0.05) is 40.9 Å². The Hall–Kier alpha value is -4.48. The van der Waals surface area contributed by atoms with Gasteiger partial charge in [-0.05, 0) is 54.3 Å². The van der Waals surface area contributed by atoms with Crippen LogP contribution in [0.2, 0.25) is 10.2 Å². The third-order valence-corrected chi connectivity index (χ3v) is 8.35. The highest BCUT2D eigenvalue weighted by atomic mass is 35.5. The molecule has 0 amide bonds. The number of nitrogens with one attached hydrogen (secondary N) is 2. The van der Waals surface area contributed by atoms with Gasteiger partial charge in [0.1, 0.15) is 11.5 Å². The fourth-order valence-corrected chi connectivity index (χ4v) is 6.33. The van der Waals surface area contributed by atoms with E-state index in [1.165, 1.54) is 0 Å². The van der Waals surface area contributed by atoms with Crippen molar-refractivity contribution in [3.8, 4) is 28.1 Å². The van der Waals surface area contributed by atoms with Crippen LogP contribution in [-0.4, -0.2) is 41.7 Å². The summed E-state index contributed by atoms with van der Waals surface area (Å²) in [7, 11) is 1.75. The minimum atomic E-state index is -0.641. The number of rotatable bonds is 5. The van der Waals surface area contributed by atoms with Crippen molar-refractivity contribution < 1.29 is 8.91 Å². The fourth-order valence-electron chi connectivity index (χ4n) is 6.03. The molecule has 3 unspecified atom stereocenters. The number of benzene rings is 2. The summed E-state index contributed by atoms with van der Waals surface area (Å²) in [5, 5.41) is 16.4. The summed E-state index contributed by atoms with van der Waals surface area (Å²) < 4.78 is 23.9. The molecular formula is C28H19Cl2FN8O2. The van der Waals surface area contributed by atoms with Gasteiger partial charge in [-0.15, -0.1) is 5.10 Å². The van der Waals surface area contributed by atoms with E-state index >= 15 is 4.39 Å².